The van der Waals surface area contributed by atoms with E-state index in [4.69, 9.17) is 0 Å². The van der Waals surface area contributed by atoms with E-state index in [2.05, 4.69) is 0 Å². The van der Waals surface area contributed by atoms with Gasteiger partial charge in [0.05, 0.1) is 11.9 Å². The molecule has 0 aliphatic carbocycles. The first-order valence-electron chi connectivity index (χ1n) is 8.61. The SMILES string of the molecule is CCc1ccc(N([C@H](C)C(=O)N(C)Cc2ccccc2)S(C)(=O)=O)cc1. The van der Waals surface area contributed by atoms with Gasteiger partial charge in [-0.2, -0.15) is 0 Å². The second kappa shape index (κ2) is 8.36. The number of nitrogens with zero attached hydrogens (tertiary/aromatic N) is 2. The average Bonchev–Trinajstić information content (AvgIpc) is 2.61. The van der Waals surface area contributed by atoms with Crippen LogP contribution in [0.5, 0.6) is 0 Å². The summed E-state index contributed by atoms with van der Waals surface area (Å²) >= 11 is 0. The molecule has 0 radical (unpaired) electrons. The van der Waals surface area contributed by atoms with E-state index < -0.39 is 16.1 Å². The predicted octanol–water partition coefficient (Wildman–Crippen LogP) is 3.06. The van der Waals surface area contributed by atoms with Crippen molar-refractivity contribution in [2.45, 2.75) is 32.9 Å². The number of hydrogen-bond acceptors (Lipinski definition) is 3. The molecule has 0 aromatic heterocycles. The fourth-order valence-corrected chi connectivity index (χ4v) is 4.10. The molecular formula is C20H26N2O3S. The summed E-state index contributed by atoms with van der Waals surface area (Å²) in [6, 6.07) is 16.1. The van der Waals surface area contributed by atoms with Crippen LogP contribution >= 0.6 is 0 Å². The van der Waals surface area contributed by atoms with Crippen molar-refractivity contribution < 1.29 is 13.2 Å². The first-order valence-corrected chi connectivity index (χ1v) is 10.5. The van der Waals surface area contributed by atoms with Gasteiger partial charge in [-0.25, -0.2) is 8.42 Å². The van der Waals surface area contributed by atoms with Gasteiger partial charge in [0, 0.05) is 13.6 Å². The van der Waals surface area contributed by atoms with Crippen molar-refractivity contribution in [2.24, 2.45) is 0 Å². The van der Waals surface area contributed by atoms with Gasteiger partial charge in [0.15, 0.2) is 0 Å². The lowest BCUT2D eigenvalue weighted by Crippen LogP contribution is -2.48. The van der Waals surface area contributed by atoms with Crippen molar-refractivity contribution in [3.8, 4) is 0 Å². The average molecular weight is 375 g/mol. The van der Waals surface area contributed by atoms with E-state index >= 15 is 0 Å². The summed E-state index contributed by atoms with van der Waals surface area (Å²) in [4.78, 5) is 14.4. The fraction of sp³-hybridized carbons (Fsp3) is 0.350. The highest BCUT2D eigenvalue weighted by Gasteiger charge is 2.30. The molecule has 1 atom stereocenters. The van der Waals surface area contributed by atoms with Gasteiger partial charge < -0.3 is 4.90 Å². The standard InChI is InChI=1S/C20H26N2O3S/c1-5-17-11-13-19(14-12-17)22(26(4,24)25)16(2)20(23)21(3)15-18-9-7-6-8-10-18/h6-14,16H,5,15H2,1-4H3/t16-/m1/s1. The summed E-state index contributed by atoms with van der Waals surface area (Å²) < 4.78 is 25.9. The largest absolute Gasteiger partial charge is 0.340 e. The van der Waals surface area contributed by atoms with Gasteiger partial charge in [-0.3, -0.25) is 9.10 Å². The highest BCUT2D eigenvalue weighted by atomic mass is 32.2. The summed E-state index contributed by atoms with van der Waals surface area (Å²) in [5, 5.41) is 0. The molecule has 2 rings (SSSR count). The van der Waals surface area contributed by atoms with Crippen molar-refractivity contribution in [2.75, 3.05) is 17.6 Å². The number of sulfonamides is 1. The quantitative estimate of drug-likeness (QED) is 0.748. The number of benzene rings is 2. The number of amides is 1. The molecular weight excluding hydrogens is 348 g/mol. The topological polar surface area (TPSA) is 57.7 Å². The van der Waals surface area contributed by atoms with Gasteiger partial charge in [-0.15, -0.1) is 0 Å². The number of aryl methyl sites for hydroxylation is 1. The Hall–Kier alpha value is -2.34. The third-order valence-corrected chi connectivity index (χ3v) is 5.55. The molecule has 26 heavy (non-hydrogen) atoms. The summed E-state index contributed by atoms with van der Waals surface area (Å²) in [5.74, 6) is -0.251. The Morgan fingerprint density at radius 2 is 1.58 bits per heavy atom. The van der Waals surface area contributed by atoms with Gasteiger partial charge in [0.25, 0.3) is 0 Å². The van der Waals surface area contributed by atoms with Gasteiger partial charge in [0.1, 0.15) is 6.04 Å². The lowest BCUT2D eigenvalue weighted by atomic mass is 10.1. The lowest BCUT2D eigenvalue weighted by Gasteiger charge is -2.31. The number of hydrogen-bond donors (Lipinski definition) is 0. The van der Waals surface area contributed by atoms with Crippen LogP contribution in [0.1, 0.15) is 25.0 Å². The Labute approximate surface area is 156 Å². The van der Waals surface area contributed by atoms with E-state index in [1.165, 1.54) is 4.31 Å². The van der Waals surface area contributed by atoms with Gasteiger partial charge in [-0.05, 0) is 36.6 Å². The number of rotatable bonds is 7. The minimum absolute atomic E-state index is 0.251. The molecule has 0 aliphatic heterocycles. The van der Waals surface area contributed by atoms with E-state index in [9.17, 15) is 13.2 Å². The molecule has 0 aliphatic rings. The molecule has 2 aromatic rings. The molecule has 5 nitrogen and oxygen atoms in total. The summed E-state index contributed by atoms with van der Waals surface area (Å²) in [5.41, 5.74) is 2.61. The molecule has 0 fully saturated rings. The van der Waals surface area contributed by atoms with Crippen molar-refractivity contribution >= 4 is 21.6 Å². The smallest absolute Gasteiger partial charge is 0.246 e. The lowest BCUT2D eigenvalue weighted by molar-refractivity contribution is -0.131. The summed E-state index contributed by atoms with van der Waals surface area (Å²) in [7, 11) is -1.92. The molecule has 0 heterocycles. The molecule has 0 saturated heterocycles. The van der Waals surface area contributed by atoms with E-state index in [1.54, 1.807) is 31.0 Å². The van der Waals surface area contributed by atoms with Crippen LogP contribution in [-0.2, 0) is 27.8 Å². The van der Waals surface area contributed by atoms with Gasteiger partial charge >= 0.3 is 0 Å². The maximum absolute atomic E-state index is 12.9. The van der Waals surface area contributed by atoms with Crippen LogP contribution < -0.4 is 4.31 Å². The summed E-state index contributed by atoms with van der Waals surface area (Å²) in [6.07, 6.45) is 2.00. The van der Waals surface area contributed by atoms with Crippen LogP contribution in [0.4, 0.5) is 5.69 Å². The van der Waals surface area contributed by atoms with E-state index in [0.717, 1.165) is 23.8 Å². The van der Waals surface area contributed by atoms with Crippen molar-refractivity contribution in [1.82, 2.24) is 4.90 Å². The Morgan fingerprint density at radius 3 is 2.08 bits per heavy atom. The fourth-order valence-electron chi connectivity index (χ4n) is 2.94. The van der Waals surface area contributed by atoms with Crippen molar-refractivity contribution in [3.63, 3.8) is 0 Å². The maximum atomic E-state index is 12.9. The minimum Gasteiger partial charge on any atom is -0.340 e. The second-order valence-electron chi connectivity index (χ2n) is 6.43. The number of anilines is 1. The number of likely N-dealkylation sites (N-methyl/N-ethyl adjacent to an activating group) is 1. The monoisotopic (exact) mass is 374 g/mol. The Bertz CT molecular complexity index is 833. The summed E-state index contributed by atoms with van der Waals surface area (Å²) in [6.45, 7) is 4.09. The van der Waals surface area contributed by atoms with Crippen LogP contribution in [-0.4, -0.2) is 38.6 Å². The van der Waals surface area contributed by atoms with Crippen molar-refractivity contribution in [3.05, 3.63) is 65.7 Å². The van der Waals surface area contributed by atoms with E-state index in [0.29, 0.717) is 12.2 Å². The third-order valence-electron chi connectivity index (χ3n) is 4.30. The molecule has 0 N–H and O–H groups in total. The zero-order valence-corrected chi connectivity index (χ0v) is 16.5. The Kier molecular flexibility index (Phi) is 6.42. The molecule has 6 heteroatoms. The van der Waals surface area contributed by atoms with Crippen LogP contribution in [0.25, 0.3) is 0 Å². The van der Waals surface area contributed by atoms with E-state index in [1.807, 2.05) is 49.4 Å². The molecule has 1 amide bonds. The number of carbonyl (C=O) groups excluding carboxylic acids is 1. The van der Waals surface area contributed by atoms with Crippen LogP contribution in [0.2, 0.25) is 0 Å². The van der Waals surface area contributed by atoms with Gasteiger partial charge in [-0.1, -0.05) is 49.4 Å². The minimum atomic E-state index is -3.60. The normalized spacial score (nSPS) is 12.5. The number of carbonyl (C=O) groups is 1. The van der Waals surface area contributed by atoms with Crippen LogP contribution in [0.3, 0.4) is 0 Å². The molecule has 0 spiro atoms. The first-order chi connectivity index (χ1) is 12.2. The van der Waals surface area contributed by atoms with Crippen molar-refractivity contribution in [1.29, 1.82) is 0 Å². The zero-order chi connectivity index (χ0) is 19.3. The van der Waals surface area contributed by atoms with Crippen LogP contribution in [0, 0.1) is 0 Å². The van der Waals surface area contributed by atoms with Crippen LogP contribution in [0.15, 0.2) is 54.6 Å². The van der Waals surface area contributed by atoms with Gasteiger partial charge in [0.2, 0.25) is 15.9 Å². The maximum Gasteiger partial charge on any atom is 0.246 e. The highest BCUT2D eigenvalue weighted by molar-refractivity contribution is 7.92. The molecule has 140 valence electrons. The Balaban J connectivity index is 2.25. The predicted molar refractivity (Wildman–Crippen MR) is 106 cm³/mol. The highest BCUT2D eigenvalue weighted by Crippen LogP contribution is 2.22. The van der Waals surface area contributed by atoms with E-state index in [-0.39, 0.29) is 5.91 Å². The molecule has 0 unspecified atom stereocenters. The molecule has 0 bridgehead atoms. The molecule has 2 aromatic carbocycles. The Morgan fingerprint density at radius 1 is 1.00 bits per heavy atom. The first kappa shape index (κ1) is 20.0. The molecule has 0 saturated carbocycles. The zero-order valence-electron chi connectivity index (χ0n) is 15.7. The third kappa shape index (κ3) is 4.85. The second-order valence-corrected chi connectivity index (χ2v) is 8.29.